The Morgan fingerprint density at radius 1 is 0.969 bits per heavy atom. The van der Waals surface area contributed by atoms with Crippen LogP contribution in [0.4, 0.5) is 0 Å². The van der Waals surface area contributed by atoms with Crippen molar-refractivity contribution in [2.75, 3.05) is 6.61 Å². The quantitative estimate of drug-likeness (QED) is 0.471. The lowest BCUT2D eigenvalue weighted by atomic mass is 9.97. The van der Waals surface area contributed by atoms with E-state index in [2.05, 4.69) is 10.6 Å². The molecule has 0 radical (unpaired) electrons. The lowest BCUT2D eigenvalue weighted by Gasteiger charge is -2.25. The van der Waals surface area contributed by atoms with Crippen LogP contribution in [0, 0.1) is 5.92 Å². The average Bonchev–Trinajstić information content (AvgIpc) is 2.82. The van der Waals surface area contributed by atoms with Crippen LogP contribution in [0.3, 0.4) is 0 Å². The third kappa shape index (κ3) is 7.59. The third-order valence-corrected chi connectivity index (χ3v) is 5.40. The highest BCUT2D eigenvalue weighted by Gasteiger charge is 2.28. The minimum absolute atomic E-state index is 0.109. The number of nitrogens with one attached hydrogen (secondary N) is 2. The maximum atomic E-state index is 12.9. The van der Waals surface area contributed by atoms with Crippen molar-refractivity contribution < 1.29 is 19.1 Å². The fraction of sp³-hybridized carbons (Fsp3) is 0.400. The summed E-state index contributed by atoms with van der Waals surface area (Å²) < 4.78 is 5.48. The summed E-state index contributed by atoms with van der Waals surface area (Å²) in [6.45, 7) is 5.98. The summed E-state index contributed by atoms with van der Waals surface area (Å²) >= 11 is 0. The van der Waals surface area contributed by atoms with Gasteiger partial charge in [-0.1, -0.05) is 62.7 Å². The summed E-state index contributed by atoms with van der Waals surface area (Å²) in [5, 5.41) is 5.53. The molecular formula is C25H33N3O4. The summed E-state index contributed by atoms with van der Waals surface area (Å²) in [5.41, 5.74) is 7.89. The van der Waals surface area contributed by atoms with Crippen molar-refractivity contribution >= 4 is 17.6 Å². The SMILES string of the molecule is CCC(C)[C@H](NC(=O)c1cccc(CN)c1)C(=O)N[C@@H](C)C(=O)COCc1ccccc1. The standard InChI is InChI=1S/C25H33N3O4/c1-4-17(2)23(28-24(30)21-12-8-11-20(13-21)14-26)25(31)27-18(3)22(29)16-32-15-19-9-6-5-7-10-19/h5-13,17-18,23H,4,14-16,26H2,1-3H3,(H,27,31)(H,28,30)/t17?,18-,23-/m0/s1. The molecule has 0 aliphatic heterocycles. The number of benzene rings is 2. The van der Waals surface area contributed by atoms with Crippen molar-refractivity contribution in [3.05, 3.63) is 71.3 Å². The molecular weight excluding hydrogens is 406 g/mol. The van der Waals surface area contributed by atoms with Crippen molar-refractivity contribution in [2.45, 2.75) is 52.4 Å². The molecule has 32 heavy (non-hydrogen) atoms. The molecule has 1 unspecified atom stereocenters. The topological polar surface area (TPSA) is 111 Å². The van der Waals surface area contributed by atoms with Crippen LogP contribution in [0.2, 0.25) is 0 Å². The smallest absolute Gasteiger partial charge is 0.251 e. The summed E-state index contributed by atoms with van der Waals surface area (Å²) in [6, 6.07) is 15.0. The zero-order valence-corrected chi connectivity index (χ0v) is 19.0. The number of hydrogen-bond acceptors (Lipinski definition) is 5. The first-order chi connectivity index (χ1) is 15.3. The molecule has 0 aromatic heterocycles. The number of ketones is 1. The van der Waals surface area contributed by atoms with Crippen LogP contribution < -0.4 is 16.4 Å². The molecule has 0 saturated carbocycles. The largest absolute Gasteiger partial charge is 0.369 e. The molecule has 2 rings (SSSR count). The maximum absolute atomic E-state index is 12.9. The Balaban J connectivity index is 1.94. The minimum Gasteiger partial charge on any atom is -0.369 e. The predicted molar refractivity (Wildman–Crippen MR) is 124 cm³/mol. The van der Waals surface area contributed by atoms with Gasteiger partial charge in [-0.05, 0) is 36.1 Å². The molecule has 0 heterocycles. The van der Waals surface area contributed by atoms with E-state index in [1.54, 1.807) is 25.1 Å². The second kappa shape index (κ2) is 12.7. The summed E-state index contributed by atoms with van der Waals surface area (Å²) in [4.78, 5) is 38.0. The van der Waals surface area contributed by atoms with Gasteiger partial charge in [0.15, 0.2) is 5.78 Å². The van der Waals surface area contributed by atoms with E-state index in [0.717, 1.165) is 11.1 Å². The summed E-state index contributed by atoms with van der Waals surface area (Å²) in [5.74, 6) is -1.11. The highest BCUT2D eigenvalue weighted by Crippen LogP contribution is 2.11. The number of ether oxygens (including phenoxy) is 1. The Morgan fingerprint density at radius 3 is 2.31 bits per heavy atom. The van der Waals surface area contributed by atoms with Crippen LogP contribution in [-0.4, -0.2) is 36.3 Å². The zero-order chi connectivity index (χ0) is 23.5. The molecule has 172 valence electrons. The lowest BCUT2D eigenvalue weighted by molar-refractivity contribution is -0.131. The van der Waals surface area contributed by atoms with Crippen LogP contribution in [0.25, 0.3) is 0 Å². The molecule has 0 bridgehead atoms. The van der Waals surface area contributed by atoms with Crippen molar-refractivity contribution in [3.63, 3.8) is 0 Å². The highest BCUT2D eigenvalue weighted by atomic mass is 16.5. The molecule has 4 N–H and O–H groups in total. The number of carbonyl (C=O) groups is 3. The fourth-order valence-corrected chi connectivity index (χ4v) is 3.12. The normalized spacial score (nSPS) is 13.6. The number of rotatable bonds is 12. The van der Waals surface area contributed by atoms with Crippen LogP contribution in [0.15, 0.2) is 54.6 Å². The van der Waals surface area contributed by atoms with Gasteiger partial charge in [-0.2, -0.15) is 0 Å². The third-order valence-electron chi connectivity index (χ3n) is 5.40. The first kappa shape index (κ1) is 25.2. The molecule has 7 nitrogen and oxygen atoms in total. The van der Waals surface area contributed by atoms with E-state index >= 15 is 0 Å². The second-order valence-electron chi connectivity index (χ2n) is 7.92. The van der Waals surface area contributed by atoms with E-state index in [0.29, 0.717) is 25.1 Å². The monoisotopic (exact) mass is 439 g/mol. The summed E-state index contributed by atoms with van der Waals surface area (Å²) in [6.07, 6.45) is 0.684. The summed E-state index contributed by atoms with van der Waals surface area (Å²) in [7, 11) is 0. The van der Waals surface area contributed by atoms with E-state index in [1.165, 1.54) is 0 Å². The van der Waals surface area contributed by atoms with E-state index in [9.17, 15) is 14.4 Å². The van der Waals surface area contributed by atoms with E-state index in [-0.39, 0.29) is 24.2 Å². The van der Waals surface area contributed by atoms with Crippen molar-refractivity contribution in [2.24, 2.45) is 11.7 Å². The van der Waals surface area contributed by atoms with E-state index < -0.39 is 18.0 Å². The zero-order valence-electron chi connectivity index (χ0n) is 19.0. The number of nitrogens with two attached hydrogens (primary N) is 1. The van der Waals surface area contributed by atoms with Gasteiger partial charge in [0.05, 0.1) is 12.6 Å². The van der Waals surface area contributed by atoms with Gasteiger partial charge < -0.3 is 21.1 Å². The van der Waals surface area contributed by atoms with E-state index in [1.807, 2.05) is 50.2 Å². The Hall–Kier alpha value is -3.03. The Labute approximate surface area is 189 Å². The minimum atomic E-state index is -0.769. The van der Waals surface area contributed by atoms with Crippen molar-refractivity contribution in [3.8, 4) is 0 Å². The molecule has 0 aliphatic carbocycles. The Kier molecular flexibility index (Phi) is 10.0. The molecule has 2 amide bonds. The second-order valence-corrected chi connectivity index (χ2v) is 7.92. The van der Waals surface area contributed by atoms with Crippen LogP contribution in [0.5, 0.6) is 0 Å². The van der Waals surface area contributed by atoms with Crippen molar-refractivity contribution in [1.29, 1.82) is 0 Å². The molecule has 0 aliphatic rings. The van der Waals surface area contributed by atoms with Gasteiger partial charge in [-0.15, -0.1) is 0 Å². The number of amides is 2. The number of hydrogen-bond donors (Lipinski definition) is 3. The van der Waals surface area contributed by atoms with Gasteiger partial charge in [-0.3, -0.25) is 14.4 Å². The van der Waals surface area contributed by atoms with Crippen LogP contribution in [0.1, 0.15) is 48.7 Å². The van der Waals surface area contributed by atoms with E-state index in [4.69, 9.17) is 10.5 Å². The Morgan fingerprint density at radius 2 is 1.66 bits per heavy atom. The van der Waals surface area contributed by atoms with Gasteiger partial charge in [0.1, 0.15) is 12.6 Å². The van der Waals surface area contributed by atoms with Gasteiger partial charge in [0, 0.05) is 12.1 Å². The average molecular weight is 440 g/mol. The van der Waals surface area contributed by atoms with Crippen LogP contribution in [-0.2, 0) is 27.5 Å². The highest BCUT2D eigenvalue weighted by molar-refractivity contribution is 5.98. The maximum Gasteiger partial charge on any atom is 0.251 e. The van der Waals surface area contributed by atoms with Crippen molar-refractivity contribution in [1.82, 2.24) is 10.6 Å². The number of Topliss-reactive ketones (excluding diaryl/α,β-unsaturated/α-hetero) is 1. The molecule has 0 saturated heterocycles. The molecule has 7 heteroatoms. The molecule has 0 fully saturated rings. The molecule has 3 atom stereocenters. The Bertz CT molecular complexity index is 901. The first-order valence-electron chi connectivity index (χ1n) is 10.9. The lowest BCUT2D eigenvalue weighted by Crippen LogP contribution is -2.53. The molecule has 2 aromatic carbocycles. The van der Waals surface area contributed by atoms with Gasteiger partial charge >= 0.3 is 0 Å². The fourth-order valence-electron chi connectivity index (χ4n) is 3.12. The van der Waals surface area contributed by atoms with Gasteiger partial charge in [0.25, 0.3) is 5.91 Å². The van der Waals surface area contributed by atoms with Crippen LogP contribution >= 0.6 is 0 Å². The number of carbonyl (C=O) groups excluding carboxylic acids is 3. The molecule has 0 spiro atoms. The predicted octanol–water partition coefficient (Wildman–Crippen LogP) is 2.58. The molecule has 2 aromatic rings. The first-order valence-corrected chi connectivity index (χ1v) is 10.9. The van der Waals surface area contributed by atoms with Gasteiger partial charge in [0.2, 0.25) is 5.91 Å². The van der Waals surface area contributed by atoms with Gasteiger partial charge in [-0.25, -0.2) is 0 Å².